The van der Waals surface area contributed by atoms with Crippen LogP contribution in [0, 0.1) is 6.92 Å². The molecule has 0 aliphatic heterocycles. The van der Waals surface area contributed by atoms with Gasteiger partial charge in [-0.1, -0.05) is 30.7 Å². The van der Waals surface area contributed by atoms with Gasteiger partial charge in [0.1, 0.15) is 16.6 Å². The molecule has 0 spiro atoms. The number of halogens is 1. The van der Waals surface area contributed by atoms with Gasteiger partial charge < -0.3 is 10.5 Å². The van der Waals surface area contributed by atoms with E-state index in [0.29, 0.717) is 10.8 Å². The van der Waals surface area contributed by atoms with Crippen molar-refractivity contribution in [1.82, 2.24) is 9.78 Å². The van der Waals surface area contributed by atoms with Crippen molar-refractivity contribution in [1.29, 1.82) is 0 Å². The maximum atomic E-state index is 6.08. The molecular formula is C15H20ClN3O. The molecule has 1 atom stereocenters. The molecule has 0 saturated carbocycles. The quantitative estimate of drug-likeness (QED) is 0.911. The molecule has 2 rings (SSSR count). The molecule has 5 heteroatoms. The van der Waals surface area contributed by atoms with Crippen molar-refractivity contribution in [2.24, 2.45) is 0 Å². The molecule has 0 fully saturated rings. The molecule has 1 unspecified atom stereocenters. The average Bonchev–Trinajstić information content (AvgIpc) is 2.72. The highest BCUT2D eigenvalue weighted by molar-refractivity contribution is 6.33. The number of hydrogen-bond acceptors (Lipinski definition) is 3. The van der Waals surface area contributed by atoms with Crippen LogP contribution in [0.3, 0.4) is 0 Å². The van der Waals surface area contributed by atoms with Crippen LogP contribution >= 0.6 is 11.6 Å². The van der Waals surface area contributed by atoms with Gasteiger partial charge in [0, 0.05) is 0 Å². The number of nitrogen functional groups attached to an aromatic ring is 1. The maximum Gasteiger partial charge on any atom is 0.141 e. The van der Waals surface area contributed by atoms with Gasteiger partial charge in [-0.15, -0.1) is 0 Å². The van der Waals surface area contributed by atoms with E-state index in [4.69, 9.17) is 22.1 Å². The lowest BCUT2D eigenvalue weighted by molar-refractivity contribution is 0.317. The van der Waals surface area contributed by atoms with Gasteiger partial charge in [-0.2, -0.15) is 5.10 Å². The molecule has 0 aliphatic rings. The van der Waals surface area contributed by atoms with E-state index in [1.165, 1.54) is 0 Å². The second kappa shape index (κ2) is 6.18. The number of rotatable bonds is 5. The van der Waals surface area contributed by atoms with Gasteiger partial charge in [0.2, 0.25) is 0 Å². The second-order valence-corrected chi connectivity index (χ2v) is 5.20. The molecule has 0 bridgehead atoms. The van der Waals surface area contributed by atoms with E-state index < -0.39 is 0 Å². The van der Waals surface area contributed by atoms with Gasteiger partial charge in [0.25, 0.3) is 0 Å². The topological polar surface area (TPSA) is 53.1 Å². The Hall–Kier alpha value is -1.68. The molecule has 2 N–H and O–H groups in total. The molecule has 20 heavy (non-hydrogen) atoms. The first-order valence-electron chi connectivity index (χ1n) is 6.77. The van der Waals surface area contributed by atoms with Crippen LogP contribution in [0.15, 0.2) is 24.3 Å². The van der Waals surface area contributed by atoms with E-state index in [1.807, 2.05) is 38.1 Å². The Kier molecular flexibility index (Phi) is 4.55. The number of nitrogens with two attached hydrogens (primary N) is 1. The molecule has 0 radical (unpaired) electrons. The fourth-order valence-electron chi connectivity index (χ4n) is 2.04. The Morgan fingerprint density at radius 2 is 2.00 bits per heavy atom. The maximum absolute atomic E-state index is 6.08. The van der Waals surface area contributed by atoms with Crippen molar-refractivity contribution in [3.8, 4) is 5.75 Å². The predicted octanol–water partition coefficient (Wildman–Crippen LogP) is 3.83. The van der Waals surface area contributed by atoms with Crippen molar-refractivity contribution in [3.63, 3.8) is 0 Å². The number of hydrogen-bond donors (Lipinski definition) is 1. The summed E-state index contributed by atoms with van der Waals surface area (Å²) < 4.78 is 7.32. The fourth-order valence-corrected chi connectivity index (χ4v) is 2.17. The van der Waals surface area contributed by atoms with E-state index in [0.717, 1.165) is 30.0 Å². The summed E-state index contributed by atoms with van der Waals surface area (Å²) >= 11 is 6.08. The van der Waals surface area contributed by atoms with Crippen LogP contribution < -0.4 is 10.5 Å². The van der Waals surface area contributed by atoms with Gasteiger partial charge in [0.15, 0.2) is 0 Å². The third-order valence-electron chi connectivity index (χ3n) is 3.25. The summed E-state index contributed by atoms with van der Waals surface area (Å²) in [6.45, 7) is 6.71. The van der Waals surface area contributed by atoms with Crippen molar-refractivity contribution >= 4 is 17.4 Å². The summed E-state index contributed by atoms with van der Waals surface area (Å²) in [6.07, 6.45) is 1.000. The molecule has 0 saturated heterocycles. The average molecular weight is 294 g/mol. The Bertz CT molecular complexity index is 578. The number of aromatic nitrogens is 2. The number of benzene rings is 1. The second-order valence-electron chi connectivity index (χ2n) is 4.82. The van der Waals surface area contributed by atoms with Crippen LogP contribution in [0.1, 0.15) is 37.6 Å². The lowest BCUT2D eigenvalue weighted by Crippen LogP contribution is -2.11. The summed E-state index contributed by atoms with van der Waals surface area (Å²) in [5, 5.41) is 4.91. The number of nitrogens with zero attached hydrogens (tertiary/aromatic N) is 2. The smallest absolute Gasteiger partial charge is 0.141 e. The molecule has 4 nitrogen and oxygen atoms in total. The minimum absolute atomic E-state index is 0.0291. The molecule has 108 valence electrons. The van der Waals surface area contributed by atoms with Crippen LogP contribution in [0.4, 0.5) is 5.82 Å². The molecule has 2 aromatic rings. The summed E-state index contributed by atoms with van der Waals surface area (Å²) in [7, 11) is 0. The summed E-state index contributed by atoms with van der Waals surface area (Å²) in [6, 6.07) is 8.02. The van der Waals surface area contributed by atoms with E-state index in [9.17, 15) is 0 Å². The van der Waals surface area contributed by atoms with Gasteiger partial charge in [-0.05, 0) is 38.0 Å². The first-order valence-corrected chi connectivity index (χ1v) is 7.15. The minimum atomic E-state index is 0.0291. The van der Waals surface area contributed by atoms with Crippen LogP contribution in [-0.4, -0.2) is 16.4 Å². The number of ether oxygens (including phenoxy) is 1. The zero-order valence-corrected chi connectivity index (χ0v) is 12.8. The number of aryl methyl sites for hydroxylation is 1. The fraction of sp³-hybridized carbons (Fsp3) is 0.400. The molecule has 0 amide bonds. The molecule has 1 aromatic heterocycles. The monoisotopic (exact) mass is 293 g/mol. The van der Waals surface area contributed by atoms with E-state index in [-0.39, 0.29) is 6.04 Å². The predicted molar refractivity (Wildman–Crippen MR) is 82.4 cm³/mol. The highest BCUT2D eigenvalue weighted by Gasteiger charge is 2.16. The first-order chi connectivity index (χ1) is 9.54. The Morgan fingerprint density at radius 1 is 1.35 bits per heavy atom. The Balaban J connectivity index is 2.20. The third kappa shape index (κ3) is 2.90. The van der Waals surface area contributed by atoms with Gasteiger partial charge in [-0.25, -0.2) is 4.68 Å². The Morgan fingerprint density at radius 3 is 2.50 bits per heavy atom. The van der Waals surface area contributed by atoms with Crippen LogP contribution in [0.5, 0.6) is 5.75 Å². The van der Waals surface area contributed by atoms with Crippen LogP contribution in [0.2, 0.25) is 5.02 Å². The Labute approximate surface area is 124 Å². The van der Waals surface area contributed by atoms with Crippen molar-refractivity contribution in [2.75, 3.05) is 12.3 Å². The van der Waals surface area contributed by atoms with E-state index >= 15 is 0 Å². The lowest BCUT2D eigenvalue weighted by Gasteiger charge is -2.15. The van der Waals surface area contributed by atoms with Crippen LogP contribution in [-0.2, 0) is 0 Å². The summed E-state index contributed by atoms with van der Waals surface area (Å²) in [4.78, 5) is 0. The number of anilines is 1. The molecular weight excluding hydrogens is 274 g/mol. The zero-order valence-electron chi connectivity index (χ0n) is 12.1. The van der Waals surface area contributed by atoms with Gasteiger partial charge in [0.05, 0.1) is 18.3 Å². The third-order valence-corrected chi connectivity index (χ3v) is 3.72. The standard InChI is InChI=1S/C15H20ClN3O/c1-4-9-20-13-7-5-12(6-8-13)11(3)19-15(17)14(16)10(2)18-19/h5-8,11H,4,9,17H2,1-3H3. The van der Waals surface area contributed by atoms with Crippen molar-refractivity contribution in [3.05, 3.63) is 40.5 Å². The van der Waals surface area contributed by atoms with Crippen molar-refractivity contribution < 1.29 is 4.74 Å². The zero-order chi connectivity index (χ0) is 14.7. The van der Waals surface area contributed by atoms with Gasteiger partial charge >= 0.3 is 0 Å². The van der Waals surface area contributed by atoms with E-state index in [2.05, 4.69) is 12.0 Å². The normalized spacial score (nSPS) is 12.4. The van der Waals surface area contributed by atoms with Gasteiger partial charge in [-0.3, -0.25) is 0 Å². The molecule has 1 aromatic carbocycles. The first kappa shape index (κ1) is 14.7. The van der Waals surface area contributed by atoms with Crippen molar-refractivity contribution in [2.45, 2.75) is 33.2 Å². The molecule has 1 heterocycles. The highest BCUT2D eigenvalue weighted by Crippen LogP contribution is 2.28. The lowest BCUT2D eigenvalue weighted by atomic mass is 10.1. The van der Waals surface area contributed by atoms with Crippen LogP contribution in [0.25, 0.3) is 0 Å². The molecule has 0 aliphatic carbocycles. The van der Waals surface area contributed by atoms with E-state index in [1.54, 1.807) is 4.68 Å². The minimum Gasteiger partial charge on any atom is -0.494 e. The largest absolute Gasteiger partial charge is 0.494 e. The highest BCUT2D eigenvalue weighted by atomic mass is 35.5. The summed E-state index contributed by atoms with van der Waals surface area (Å²) in [5.41, 5.74) is 7.84. The SMILES string of the molecule is CCCOc1ccc(C(C)n2nc(C)c(Cl)c2N)cc1. The summed E-state index contributed by atoms with van der Waals surface area (Å²) in [5.74, 6) is 1.38.